The van der Waals surface area contributed by atoms with Crippen LogP contribution >= 0.6 is 0 Å². The maximum Gasteiger partial charge on any atom is 0.246 e. The van der Waals surface area contributed by atoms with Crippen molar-refractivity contribution in [3.05, 3.63) is 0 Å². The first-order chi connectivity index (χ1) is 7.22. The van der Waals surface area contributed by atoms with E-state index in [0.717, 1.165) is 19.3 Å². The van der Waals surface area contributed by atoms with Gasteiger partial charge in [0.15, 0.2) is 0 Å². The van der Waals surface area contributed by atoms with E-state index in [1.807, 2.05) is 0 Å². The number of carbonyl (C=O) groups is 1. The Hall–Kier alpha value is -0.650. The third kappa shape index (κ3) is 5.11. The van der Waals surface area contributed by atoms with Crippen LogP contribution in [0.15, 0.2) is 0 Å². The minimum Gasteiger partial charge on any atom is -0.383 e. The van der Waals surface area contributed by atoms with Gasteiger partial charge in [0.05, 0.1) is 12.7 Å². The van der Waals surface area contributed by atoms with Gasteiger partial charge in [-0.2, -0.15) is 0 Å². The molecule has 1 fully saturated rings. The predicted octanol–water partition coefficient (Wildman–Crippen LogP) is -0.355. The van der Waals surface area contributed by atoms with Gasteiger partial charge in [-0.15, -0.1) is 0 Å². The van der Waals surface area contributed by atoms with Crippen molar-refractivity contribution in [2.24, 2.45) is 5.73 Å². The summed E-state index contributed by atoms with van der Waals surface area (Å²) in [6, 6.07) is 0.242. The molecule has 1 rings (SSSR count). The zero-order chi connectivity index (χ0) is 11.1. The molecule has 2 unspecified atom stereocenters. The highest BCUT2D eigenvalue weighted by atomic mass is 16.5. The normalized spacial score (nSPS) is 25.5. The lowest BCUT2D eigenvalue weighted by Crippen LogP contribution is -2.32. The van der Waals surface area contributed by atoms with E-state index in [-0.39, 0.29) is 24.7 Å². The molecule has 1 aliphatic carbocycles. The zero-order valence-corrected chi connectivity index (χ0v) is 9.20. The van der Waals surface area contributed by atoms with Crippen LogP contribution in [0.2, 0.25) is 0 Å². The smallest absolute Gasteiger partial charge is 0.246 e. The lowest BCUT2D eigenvalue weighted by Gasteiger charge is -2.11. The van der Waals surface area contributed by atoms with Crippen LogP contribution in [0.25, 0.3) is 0 Å². The number of amides is 1. The summed E-state index contributed by atoms with van der Waals surface area (Å²) < 4.78 is 10.2. The molecule has 1 saturated carbocycles. The standard InChI is InChI=1S/C10H20N2O3/c1-14-5-4-12-10(13)7-15-9-3-2-8(11)6-9/h8-9H,2-7,11H2,1H3,(H,12,13). The molecule has 5 heteroatoms. The summed E-state index contributed by atoms with van der Waals surface area (Å²) in [6.45, 7) is 1.18. The van der Waals surface area contributed by atoms with Gasteiger partial charge < -0.3 is 20.5 Å². The molecular formula is C10H20N2O3. The fourth-order valence-corrected chi connectivity index (χ4v) is 1.66. The van der Waals surface area contributed by atoms with E-state index in [4.69, 9.17) is 15.2 Å². The second-order valence-electron chi connectivity index (χ2n) is 3.85. The van der Waals surface area contributed by atoms with Gasteiger partial charge in [-0.3, -0.25) is 4.79 Å². The monoisotopic (exact) mass is 216 g/mol. The average molecular weight is 216 g/mol. The molecule has 0 aromatic heterocycles. The van der Waals surface area contributed by atoms with E-state index in [0.29, 0.717) is 13.2 Å². The predicted molar refractivity (Wildman–Crippen MR) is 56.5 cm³/mol. The fraction of sp³-hybridized carbons (Fsp3) is 0.900. The molecule has 0 aromatic rings. The van der Waals surface area contributed by atoms with Crippen molar-refractivity contribution in [1.29, 1.82) is 0 Å². The molecule has 88 valence electrons. The number of hydrogen-bond acceptors (Lipinski definition) is 4. The van der Waals surface area contributed by atoms with Crippen LogP contribution in [0, 0.1) is 0 Å². The second-order valence-corrected chi connectivity index (χ2v) is 3.85. The largest absolute Gasteiger partial charge is 0.383 e. The van der Waals surface area contributed by atoms with Crippen molar-refractivity contribution in [3.63, 3.8) is 0 Å². The molecule has 15 heavy (non-hydrogen) atoms. The van der Waals surface area contributed by atoms with Gasteiger partial charge >= 0.3 is 0 Å². The quantitative estimate of drug-likeness (QED) is 0.595. The Morgan fingerprint density at radius 3 is 2.93 bits per heavy atom. The zero-order valence-electron chi connectivity index (χ0n) is 9.20. The highest BCUT2D eigenvalue weighted by Crippen LogP contribution is 2.19. The lowest BCUT2D eigenvalue weighted by molar-refractivity contribution is -0.127. The minimum absolute atomic E-state index is 0.0903. The Bertz CT molecular complexity index is 199. The molecular weight excluding hydrogens is 196 g/mol. The van der Waals surface area contributed by atoms with Crippen LogP contribution in [0.4, 0.5) is 0 Å². The molecule has 0 heterocycles. The Morgan fingerprint density at radius 2 is 2.33 bits per heavy atom. The van der Waals surface area contributed by atoms with E-state index in [2.05, 4.69) is 5.32 Å². The van der Waals surface area contributed by atoms with Crippen LogP contribution in [-0.4, -0.2) is 44.9 Å². The lowest BCUT2D eigenvalue weighted by atomic mass is 10.3. The summed E-state index contributed by atoms with van der Waals surface area (Å²) in [5.74, 6) is -0.0903. The van der Waals surface area contributed by atoms with E-state index in [9.17, 15) is 4.79 Å². The number of ether oxygens (including phenoxy) is 2. The molecule has 3 N–H and O–H groups in total. The van der Waals surface area contributed by atoms with E-state index in [1.54, 1.807) is 7.11 Å². The van der Waals surface area contributed by atoms with Crippen LogP contribution in [0.5, 0.6) is 0 Å². The first-order valence-corrected chi connectivity index (χ1v) is 5.35. The first kappa shape index (κ1) is 12.4. The summed E-state index contributed by atoms with van der Waals surface area (Å²) in [6.07, 6.45) is 2.99. The Balaban J connectivity index is 2.01. The number of nitrogens with two attached hydrogens (primary N) is 1. The fourth-order valence-electron chi connectivity index (χ4n) is 1.66. The van der Waals surface area contributed by atoms with Gasteiger partial charge in [-0.25, -0.2) is 0 Å². The van der Waals surface area contributed by atoms with Gasteiger partial charge in [0.2, 0.25) is 5.91 Å². The molecule has 0 aromatic carbocycles. The van der Waals surface area contributed by atoms with Crippen LogP contribution in [-0.2, 0) is 14.3 Å². The van der Waals surface area contributed by atoms with Crippen molar-refractivity contribution in [3.8, 4) is 0 Å². The summed E-state index contributed by atoms with van der Waals surface area (Å²) in [4.78, 5) is 11.2. The molecule has 0 saturated heterocycles. The van der Waals surface area contributed by atoms with Gasteiger partial charge in [0.1, 0.15) is 6.61 Å². The van der Waals surface area contributed by atoms with Crippen molar-refractivity contribution >= 4 is 5.91 Å². The van der Waals surface area contributed by atoms with Gasteiger partial charge in [-0.1, -0.05) is 0 Å². The summed E-state index contributed by atoms with van der Waals surface area (Å²) in [7, 11) is 1.60. The Morgan fingerprint density at radius 1 is 1.53 bits per heavy atom. The maximum atomic E-state index is 11.2. The number of hydrogen-bond donors (Lipinski definition) is 2. The third-order valence-electron chi connectivity index (χ3n) is 2.50. The Labute approximate surface area is 90.3 Å². The van der Waals surface area contributed by atoms with E-state index in [1.165, 1.54) is 0 Å². The summed E-state index contributed by atoms with van der Waals surface area (Å²) in [5.41, 5.74) is 5.73. The summed E-state index contributed by atoms with van der Waals surface area (Å²) in [5, 5.41) is 2.70. The SMILES string of the molecule is COCCNC(=O)COC1CCC(N)C1. The maximum absolute atomic E-state index is 11.2. The highest BCUT2D eigenvalue weighted by Gasteiger charge is 2.22. The summed E-state index contributed by atoms with van der Waals surface area (Å²) >= 11 is 0. The van der Waals surface area contributed by atoms with Crippen LogP contribution in [0.1, 0.15) is 19.3 Å². The first-order valence-electron chi connectivity index (χ1n) is 5.35. The molecule has 1 amide bonds. The van der Waals surface area contributed by atoms with E-state index < -0.39 is 0 Å². The average Bonchev–Trinajstić information content (AvgIpc) is 2.62. The molecule has 0 bridgehead atoms. The molecule has 1 aliphatic rings. The third-order valence-corrected chi connectivity index (χ3v) is 2.50. The molecule has 2 atom stereocenters. The Kier molecular flexibility index (Phi) is 5.60. The number of rotatable bonds is 6. The van der Waals surface area contributed by atoms with Crippen molar-refractivity contribution in [2.45, 2.75) is 31.4 Å². The van der Waals surface area contributed by atoms with Crippen LogP contribution in [0.3, 0.4) is 0 Å². The van der Waals surface area contributed by atoms with Crippen molar-refractivity contribution < 1.29 is 14.3 Å². The van der Waals surface area contributed by atoms with Gasteiger partial charge in [0, 0.05) is 19.7 Å². The second kappa shape index (κ2) is 6.76. The van der Waals surface area contributed by atoms with Gasteiger partial charge in [-0.05, 0) is 19.3 Å². The highest BCUT2D eigenvalue weighted by molar-refractivity contribution is 5.77. The number of carbonyl (C=O) groups excluding carboxylic acids is 1. The molecule has 5 nitrogen and oxygen atoms in total. The van der Waals surface area contributed by atoms with Gasteiger partial charge in [0.25, 0.3) is 0 Å². The van der Waals surface area contributed by atoms with Crippen LogP contribution < -0.4 is 11.1 Å². The molecule has 0 spiro atoms. The molecule has 0 radical (unpaired) electrons. The topological polar surface area (TPSA) is 73.6 Å². The van der Waals surface area contributed by atoms with Crippen molar-refractivity contribution in [2.75, 3.05) is 26.9 Å². The molecule has 0 aliphatic heterocycles. The number of methoxy groups -OCH3 is 1. The number of nitrogens with one attached hydrogen (secondary N) is 1. The van der Waals surface area contributed by atoms with E-state index >= 15 is 0 Å². The minimum atomic E-state index is -0.0903. The van der Waals surface area contributed by atoms with Crippen molar-refractivity contribution in [1.82, 2.24) is 5.32 Å².